The van der Waals surface area contributed by atoms with E-state index in [-0.39, 0.29) is 0 Å². The monoisotopic (exact) mass is 262 g/mol. The normalized spacial score (nSPS) is 14.6. The number of hydrogen-bond donors (Lipinski definition) is 1. The zero-order valence-electron chi connectivity index (χ0n) is 12.2. The Morgan fingerprint density at radius 2 is 2.00 bits per heavy atom. The van der Waals surface area contributed by atoms with E-state index in [0.717, 1.165) is 25.7 Å². The quantitative estimate of drug-likeness (QED) is 0.693. The molecule has 0 unspecified atom stereocenters. The van der Waals surface area contributed by atoms with Gasteiger partial charge in [0.15, 0.2) is 0 Å². The van der Waals surface area contributed by atoms with Crippen LogP contribution in [0.25, 0.3) is 0 Å². The lowest BCUT2D eigenvalue weighted by Crippen LogP contribution is -2.26. The van der Waals surface area contributed by atoms with Gasteiger partial charge in [-0.2, -0.15) is 0 Å². The van der Waals surface area contributed by atoms with Crippen molar-refractivity contribution in [1.82, 2.24) is 5.32 Å². The van der Waals surface area contributed by atoms with Crippen molar-refractivity contribution in [3.8, 4) is 0 Å². The molecule has 19 heavy (non-hydrogen) atoms. The van der Waals surface area contributed by atoms with E-state index in [1.807, 2.05) is 0 Å². The van der Waals surface area contributed by atoms with E-state index in [2.05, 4.69) is 41.4 Å². The largest absolute Gasteiger partial charge is 0.383 e. The zero-order chi connectivity index (χ0) is 13.5. The van der Waals surface area contributed by atoms with Crippen molar-refractivity contribution in [3.63, 3.8) is 0 Å². The van der Waals surface area contributed by atoms with Crippen molar-refractivity contribution in [2.24, 2.45) is 0 Å². The highest BCUT2D eigenvalue weighted by Gasteiger charge is 2.28. The van der Waals surface area contributed by atoms with Crippen LogP contribution >= 0.6 is 0 Å². The minimum atomic E-state index is 0.768. The Hall–Kier alpha value is -1.06. The SMILES string of the molecule is CCCN(c1ccc(CNCCOC)cc1)C1CC1. The number of methoxy groups -OCH3 is 1. The summed E-state index contributed by atoms with van der Waals surface area (Å²) in [5.41, 5.74) is 2.72. The Labute approximate surface area is 116 Å². The molecule has 3 nitrogen and oxygen atoms in total. The van der Waals surface area contributed by atoms with Crippen molar-refractivity contribution in [2.45, 2.75) is 38.8 Å². The number of rotatable bonds is 9. The fourth-order valence-corrected chi connectivity index (χ4v) is 2.36. The number of anilines is 1. The summed E-state index contributed by atoms with van der Waals surface area (Å²) in [4.78, 5) is 2.56. The first-order valence-electron chi connectivity index (χ1n) is 7.40. The molecular formula is C16H26N2O. The van der Waals surface area contributed by atoms with Crippen LogP contribution in [0.1, 0.15) is 31.7 Å². The zero-order valence-corrected chi connectivity index (χ0v) is 12.2. The predicted octanol–water partition coefficient (Wildman–Crippen LogP) is 2.80. The summed E-state index contributed by atoms with van der Waals surface area (Å²) in [5, 5.41) is 3.37. The summed E-state index contributed by atoms with van der Waals surface area (Å²) in [6.45, 7) is 6.02. The van der Waals surface area contributed by atoms with Crippen LogP contribution in [-0.2, 0) is 11.3 Å². The van der Waals surface area contributed by atoms with E-state index < -0.39 is 0 Å². The average Bonchev–Trinajstić information content (AvgIpc) is 3.26. The van der Waals surface area contributed by atoms with Gasteiger partial charge >= 0.3 is 0 Å². The first-order chi connectivity index (χ1) is 9.35. The molecule has 0 saturated heterocycles. The second-order valence-electron chi connectivity index (χ2n) is 5.26. The Bertz CT molecular complexity index is 360. The molecule has 3 heteroatoms. The molecule has 0 amide bonds. The second kappa shape index (κ2) is 7.51. The summed E-state index contributed by atoms with van der Waals surface area (Å²) < 4.78 is 5.02. The molecule has 1 N–H and O–H groups in total. The van der Waals surface area contributed by atoms with Gasteiger partial charge in [0.2, 0.25) is 0 Å². The summed E-state index contributed by atoms with van der Waals surface area (Å²) in [7, 11) is 1.73. The van der Waals surface area contributed by atoms with Crippen molar-refractivity contribution in [2.75, 3.05) is 31.7 Å². The van der Waals surface area contributed by atoms with Gasteiger partial charge in [-0.1, -0.05) is 19.1 Å². The lowest BCUT2D eigenvalue weighted by molar-refractivity contribution is 0.199. The lowest BCUT2D eigenvalue weighted by atomic mass is 10.2. The minimum Gasteiger partial charge on any atom is -0.383 e. The van der Waals surface area contributed by atoms with Crippen LogP contribution < -0.4 is 10.2 Å². The van der Waals surface area contributed by atoms with E-state index in [1.165, 1.54) is 37.1 Å². The molecule has 0 radical (unpaired) electrons. The van der Waals surface area contributed by atoms with E-state index in [4.69, 9.17) is 4.74 Å². The molecule has 1 saturated carbocycles. The average molecular weight is 262 g/mol. The molecule has 2 rings (SSSR count). The van der Waals surface area contributed by atoms with Gasteiger partial charge in [-0.3, -0.25) is 0 Å². The Morgan fingerprint density at radius 1 is 1.26 bits per heavy atom. The highest BCUT2D eigenvalue weighted by molar-refractivity contribution is 5.49. The van der Waals surface area contributed by atoms with Gasteiger partial charge in [0, 0.05) is 38.5 Å². The summed E-state index contributed by atoms with van der Waals surface area (Å²) in [5.74, 6) is 0. The van der Waals surface area contributed by atoms with E-state index in [9.17, 15) is 0 Å². The molecule has 1 fully saturated rings. The number of benzene rings is 1. The van der Waals surface area contributed by atoms with Crippen molar-refractivity contribution in [3.05, 3.63) is 29.8 Å². The van der Waals surface area contributed by atoms with Gasteiger partial charge in [0.1, 0.15) is 0 Å². The van der Waals surface area contributed by atoms with Crippen LogP contribution in [0.15, 0.2) is 24.3 Å². The third-order valence-corrected chi connectivity index (χ3v) is 3.53. The van der Waals surface area contributed by atoms with Gasteiger partial charge in [0.25, 0.3) is 0 Å². The maximum Gasteiger partial charge on any atom is 0.0587 e. The molecule has 0 bridgehead atoms. The molecule has 0 aromatic heterocycles. The predicted molar refractivity (Wildman–Crippen MR) is 80.7 cm³/mol. The summed E-state index contributed by atoms with van der Waals surface area (Å²) >= 11 is 0. The van der Waals surface area contributed by atoms with Gasteiger partial charge in [-0.25, -0.2) is 0 Å². The van der Waals surface area contributed by atoms with E-state index in [0.29, 0.717) is 0 Å². The van der Waals surface area contributed by atoms with E-state index >= 15 is 0 Å². The maximum atomic E-state index is 5.02. The van der Waals surface area contributed by atoms with Crippen molar-refractivity contribution in [1.29, 1.82) is 0 Å². The molecule has 1 aliphatic rings. The third kappa shape index (κ3) is 4.51. The van der Waals surface area contributed by atoms with Crippen molar-refractivity contribution < 1.29 is 4.74 Å². The highest BCUT2D eigenvalue weighted by Crippen LogP contribution is 2.31. The second-order valence-corrected chi connectivity index (χ2v) is 5.26. The third-order valence-electron chi connectivity index (χ3n) is 3.53. The molecule has 0 heterocycles. The number of hydrogen-bond acceptors (Lipinski definition) is 3. The van der Waals surface area contributed by atoms with Crippen LogP contribution in [0.5, 0.6) is 0 Å². The molecule has 0 spiro atoms. The molecule has 106 valence electrons. The highest BCUT2D eigenvalue weighted by atomic mass is 16.5. The van der Waals surface area contributed by atoms with Crippen LogP contribution in [-0.4, -0.2) is 32.8 Å². The van der Waals surface area contributed by atoms with Gasteiger partial charge in [-0.15, -0.1) is 0 Å². The molecule has 1 aromatic carbocycles. The molecule has 0 atom stereocenters. The Balaban J connectivity index is 1.86. The Kier molecular flexibility index (Phi) is 5.67. The number of nitrogens with zero attached hydrogens (tertiary/aromatic N) is 1. The first-order valence-corrected chi connectivity index (χ1v) is 7.40. The number of nitrogens with one attached hydrogen (secondary N) is 1. The van der Waals surface area contributed by atoms with Crippen LogP contribution in [0.4, 0.5) is 5.69 Å². The van der Waals surface area contributed by atoms with Crippen molar-refractivity contribution >= 4 is 5.69 Å². The van der Waals surface area contributed by atoms with Gasteiger partial charge < -0.3 is 15.0 Å². The summed E-state index contributed by atoms with van der Waals surface area (Å²) in [6, 6.07) is 9.80. The van der Waals surface area contributed by atoms with Gasteiger partial charge in [0.05, 0.1) is 6.61 Å². The Morgan fingerprint density at radius 3 is 2.58 bits per heavy atom. The van der Waals surface area contributed by atoms with Crippen LogP contribution in [0.2, 0.25) is 0 Å². The topological polar surface area (TPSA) is 24.5 Å². The standard InChI is InChI=1S/C16H26N2O/c1-3-11-18(16-8-9-16)15-6-4-14(5-7-15)13-17-10-12-19-2/h4-7,16-17H,3,8-13H2,1-2H3. The maximum absolute atomic E-state index is 5.02. The molecular weight excluding hydrogens is 236 g/mol. The number of ether oxygens (including phenoxy) is 1. The molecule has 0 aliphatic heterocycles. The molecule has 1 aromatic rings. The van der Waals surface area contributed by atoms with Crippen LogP contribution in [0.3, 0.4) is 0 Å². The fourth-order valence-electron chi connectivity index (χ4n) is 2.36. The molecule has 1 aliphatic carbocycles. The van der Waals surface area contributed by atoms with Crippen LogP contribution in [0, 0.1) is 0 Å². The fraction of sp³-hybridized carbons (Fsp3) is 0.625. The first kappa shape index (κ1) is 14.4. The lowest BCUT2D eigenvalue weighted by Gasteiger charge is -2.24. The minimum absolute atomic E-state index is 0.768. The van der Waals surface area contributed by atoms with E-state index in [1.54, 1.807) is 7.11 Å². The summed E-state index contributed by atoms with van der Waals surface area (Å²) in [6.07, 6.45) is 3.94. The van der Waals surface area contributed by atoms with Gasteiger partial charge in [-0.05, 0) is 37.0 Å². The smallest absolute Gasteiger partial charge is 0.0587 e.